The Labute approximate surface area is 79.8 Å². The Morgan fingerprint density at radius 3 is 2.31 bits per heavy atom. The van der Waals surface area contributed by atoms with Crippen LogP contribution in [0.25, 0.3) is 0 Å². The molecule has 0 rings (SSSR count). The summed E-state index contributed by atoms with van der Waals surface area (Å²) in [6.45, 7) is 7.18. The summed E-state index contributed by atoms with van der Waals surface area (Å²) >= 11 is 0. The van der Waals surface area contributed by atoms with Gasteiger partial charge in [0.25, 0.3) is 0 Å². The lowest BCUT2D eigenvalue weighted by molar-refractivity contribution is -0.158. The van der Waals surface area contributed by atoms with Gasteiger partial charge in [0.05, 0.1) is 32.5 Å². The molecular weight excluding hydrogens is 172 g/mol. The molecule has 0 spiro atoms. The van der Waals surface area contributed by atoms with Crippen molar-refractivity contribution in [1.29, 1.82) is 0 Å². The Kier molecular flexibility index (Phi) is 8.33. The number of ether oxygens (including phenoxy) is 3. The Bertz CT molecular complexity index is 106. The fourth-order valence-corrected chi connectivity index (χ4v) is 0.862. The summed E-state index contributed by atoms with van der Waals surface area (Å²) in [6, 6.07) is 0. The first-order chi connectivity index (χ1) is 6.16. The number of aliphatic hydroxyl groups is 1. The second-order valence-electron chi connectivity index (χ2n) is 2.96. The van der Waals surface area contributed by atoms with Crippen LogP contribution in [-0.2, 0) is 14.2 Å². The third-order valence-corrected chi connectivity index (χ3v) is 1.28. The second kappa shape index (κ2) is 8.44. The van der Waals surface area contributed by atoms with Gasteiger partial charge in [0.1, 0.15) is 0 Å². The molecule has 0 saturated heterocycles. The molecule has 0 radical (unpaired) electrons. The Morgan fingerprint density at radius 1 is 1.08 bits per heavy atom. The highest BCUT2D eigenvalue weighted by molar-refractivity contribution is 4.39. The van der Waals surface area contributed by atoms with Crippen LogP contribution in [0.15, 0.2) is 0 Å². The molecule has 4 nitrogen and oxygen atoms in total. The van der Waals surface area contributed by atoms with Gasteiger partial charge in [-0.05, 0) is 20.8 Å². The van der Waals surface area contributed by atoms with E-state index in [-0.39, 0.29) is 19.0 Å². The van der Waals surface area contributed by atoms with Crippen LogP contribution in [-0.4, -0.2) is 43.9 Å². The van der Waals surface area contributed by atoms with Crippen molar-refractivity contribution in [3.63, 3.8) is 0 Å². The second-order valence-corrected chi connectivity index (χ2v) is 2.96. The van der Waals surface area contributed by atoms with Crippen LogP contribution in [0.1, 0.15) is 20.8 Å². The van der Waals surface area contributed by atoms with Crippen molar-refractivity contribution >= 4 is 0 Å². The van der Waals surface area contributed by atoms with E-state index in [9.17, 15) is 0 Å². The first-order valence-electron chi connectivity index (χ1n) is 4.62. The van der Waals surface area contributed by atoms with E-state index < -0.39 is 0 Å². The van der Waals surface area contributed by atoms with E-state index >= 15 is 0 Å². The number of aliphatic hydroxyl groups excluding tert-OH is 1. The third kappa shape index (κ3) is 9.76. The largest absolute Gasteiger partial charge is 0.394 e. The van der Waals surface area contributed by atoms with Crippen molar-refractivity contribution in [2.75, 3.05) is 26.4 Å². The van der Waals surface area contributed by atoms with Crippen LogP contribution in [0.4, 0.5) is 0 Å². The molecule has 0 saturated carbocycles. The Balaban J connectivity index is 3.12. The number of hydrogen-bond acceptors (Lipinski definition) is 4. The molecule has 13 heavy (non-hydrogen) atoms. The molecule has 0 bridgehead atoms. The Morgan fingerprint density at radius 2 is 1.77 bits per heavy atom. The normalized spacial score (nSPS) is 13.6. The molecule has 4 heteroatoms. The first kappa shape index (κ1) is 12.8. The molecule has 0 amide bonds. The van der Waals surface area contributed by atoms with E-state index in [1.54, 1.807) is 0 Å². The van der Waals surface area contributed by atoms with Crippen molar-refractivity contribution < 1.29 is 19.3 Å². The quantitative estimate of drug-likeness (QED) is 0.456. The van der Waals surface area contributed by atoms with Gasteiger partial charge in [-0.2, -0.15) is 0 Å². The summed E-state index contributed by atoms with van der Waals surface area (Å²) < 4.78 is 15.6. The van der Waals surface area contributed by atoms with E-state index in [1.807, 2.05) is 20.8 Å². The Hall–Kier alpha value is -0.160. The topological polar surface area (TPSA) is 47.9 Å². The van der Waals surface area contributed by atoms with Gasteiger partial charge in [-0.1, -0.05) is 0 Å². The zero-order valence-corrected chi connectivity index (χ0v) is 8.66. The minimum atomic E-state index is -0.197. The smallest absolute Gasteiger partial charge is 0.155 e. The highest BCUT2D eigenvalue weighted by Crippen LogP contribution is 1.98. The van der Waals surface area contributed by atoms with Gasteiger partial charge < -0.3 is 19.3 Å². The molecule has 0 fully saturated rings. The van der Waals surface area contributed by atoms with E-state index in [2.05, 4.69) is 0 Å². The molecule has 1 unspecified atom stereocenters. The molecule has 0 aliphatic carbocycles. The fraction of sp³-hybridized carbons (Fsp3) is 1.00. The first-order valence-corrected chi connectivity index (χ1v) is 4.62. The summed E-state index contributed by atoms with van der Waals surface area (Å²) in [5.41, 5.74) is 0. The standard InChI is InChI=1S/C9H20O4/c1-8(2)13-9(3)12-7-6-11-5-4-10/h8-10H,4-7H2,1-3H3. The molecule has 0 heterocycles. The predicted molar refractivity (Wildman–Crippen MR) is 49.5 cm³/mol. The van der Waals surface area contributed by atoms with Crippen LogP contribution in [0.2, 0.25) is 0 Å². The van der Waals surface area contributed by atoms with Crippen LogP contribution in [0.3, 0.4) is 0 Å². The van der Waals surface area contributed by atoms with E-state index in [0.29, 0.717) is 19.8 Å². The average Bonchev–Trinajstić information content (AvgIpc) is 2.02. The summed E-state index contributed by atoms with van der Waals surface area (Å²) in [5, 5.41) is 8.40. The van der Waals surface area contributed by atoms with E-state index in [1.165, 1.54) is 0 Å². The monoisotopic (exact) mass is 192 g/mol. The van der Waals surface area contributed by atoms with Crippen molar-refractivity contribution in [1.82, 2.24) is 0 Å². The van der Waals surface area contributed by atoms with Crippen LogP contribution < -0.4 is 0 Å². The van der Waals surface area contributed by atoms with E-state index in [0.717, 1.165) is 0 Å². The van der Waals surface area contributed by atoms with Gasteiger partial charge in [0, 0.05) is 0 Å². The van der Waals surface area contributed by atoms with Crippen molar-refractivity contribution in [3.05, 3.63) is 0 Å². The van der Waals surface area contributed by atoms with Crippen LogP contribution in [0.5, 0.6) is 0 Å². The maximum Gasteiger partial charge on any atom is 0.155 e. The van der Waals surface area contributed by atoms with Gasteiger partial charge in [0.2, 0.25) is 0 Å². The van der Waals surface area contributed by atoms with Gasteiger partial charge in [-0.25, -0.2) is 0 Å². The zero-order chi connectivity index (χ0) is 10.1. The predicted octanol–water partition coefficient (Wildman–Crippen LogP) is 0.783. The number of rotatable bonds is 8. The average molecular weight is 192 g/mol. The summed E-state index contributed by atoms with van der Waals surface area (Å²) in [6.07, 6.45) is -0.0221. The number of hydrogen-bond donors (Lipinski definition) is 1. The lowest BCUT2D eigenvalue weighted by atomic mass is 10.5. The van der Waals surface area contributed by atoms with E-state index in [4.69, 9.17) is 19.3 Å². The summed E-state index contributed by atoms with van der Waals surface area (Å²) in [5.74, 6) is 0. The van der Waals surface area contributed by atoms with Crippen molar-refractivity contribution in [2.45, 2.75) is 33.2 Å². The molecule has 80 valence electrons. The highest BCUT2D eigenvalue weighted by atomic mass is 16.7. The highest BCUT2D eigenvalue weighted by Gasteiger charge is 2.03. The third-order valence-electron chi connectivity index (χ3n) is 1.28. The molecule has 0 aromatic heterocycles. The molecule has 0 aromatic rings. The van der Waals surface area contributed by atoms with Gasteiger partial charge >= 0.3 is 0 Å². The van der Waals surface area contributed by atoms with Gasteiger partial charge in [-0.15, -0.1) is 0 Å². The van der Waals surface area contributed by atoms with Crippen LogP contribution in [0, 0.1) is 0 Å². The summed E-state index contributed by atoms with van der Waals surface area (Å²) in [4.78, 5) is 0. The fourth-order valence-electron chi connectivity index (χ4n) is 0.862. The maximum atomic E-state index is 8.40. The molecule has 1 atom stereocenters. The molecule has 0 aliphatic rings. The summed E-state index contributed by atoms with van der Waals surface area (Å²) in [7, 11) is 0. The molecule has 0 aliphatic heterocycles. The minimum absolute atomic E-state index is 0.0536. The van der Waals surface area contributed by atoms with Crippen molar-refractivity contribution in [3.8, 4) is 0 Å². The molecule has 0 aromatic carbocycles. The lowest BCUT2D eigenvalue weighted by Gasteiger charge is -2.16. The molecule has 1 N–H and O–H groups in total. The van der Waals surface area contributed by atoms with Crippen LogP contribution >= 0.6 is 0 Å². The SMILES string of the molecule is CC(C)OC(C)OCCOCCO. The molecular formula is C9H20O4. The lowest BCUT2D eigenvalue weighted by Crippen LogP contribution is -2.20. The van der Waals surface area contributed by atoms with Gasteiger partial charge in [-0.3, -0.25) is 0 Å². The van der Waals surface area contributed by atoms with Crippen molar-refractivity contribution in [2.24, 2.45) is 0 Å². The zero-order valence-electron chi connectivity index (χ0n) is 8.66. The van der Waals surface area contributed by atoms with Gasteiger partial charge in [0.15, 0.2) is 6.29 Å². The maximum absolute atomic E-state index is 8.40. The minimum Gasteiger partial charge on any atom is -0.394 e.